The molecule has 4 nitrogen and oxygen atoms in total. The largest absolute Gasteiger partial charge is 0.359 e. The van der Waals surface area contributed by atoms with E-state index in [1.165, 1.54) is 4.70 Å². The molecule has 1 fully saturated rings. The number of nitrogens with zero attached hydrogens (tertiary/aromatic N) is 2. The molecule has 146 valence electrons. The lowest BCUT2D eigenvalue weighted by Gasteiger charge is -2.36. The highest BCUT2D eigenvalue weighted by atomic mass is 32.1. The number of nitrogens with one attached hydrogen (secondary N) is 1. The van der Waals surface area contributed by atoms with Crippen molar-refractivity contribution >= 4 is 43.4 Å². The van der Waals surface area contributed by atoms with E-state index in [-0.39, 0.29) is 11.9 Å². The van der Waals surface area contributed by atoms with Crippen LogP contribution in [0.15, 0.2) is 66.7 Å². The maximum atomic E-state index is 13.5. The van der Waals surface area contributed by atoms with Gasteiger partial charge in [0.15, 0.2) is 5.13 Å². The van der Waals surface area contributed by atoms with Crippen molar-refractivity contribution in [3.05, 3.63) is 72.3 Å². The number of carbonyl (C=O) groups excluding carboxylic acids is 1. The summed E-state index contributed by atoms with van der Waals surface area (Å²) in [6.45, 7) is 1.55. The normalized spacial score (nSPS) is 17.0. The zero-order valence-electron chi connectivity index (χ0n) is 16.2. The third-order valence-corrected chi connectivity index (χ3v) is 6.68. The highest BCUT2D eigenvalue weighted by Crippen LogP contribution is 2.27. The van der Waals surface area contributed by atoms with Gasteiger partial charge in [0.1, 0.15) is 0 Å². The highest BCUT2D eigenvalue weighted by molar-refractivity contribution is 7.22. The monoisotopic (exact) mass is 401 g/mol. The van der Waals surface area contributed by atoms with Crippen LogP contribution < -0.4 is 5.32 Å². The molecule has 0 radical (unpaired) electrons. The van der Waals surface area contributed by atoms with Gasteiger partial charge in [-0.15, -0.1) is 0 Å². The molecule has 1 aliphatic heterocycles. The van der Waals surface area contributed by atoms with Crippen LogP contribution in [0.2, 0.25) is 0 Å². The third kappa shape index (κ3) is 3.58. The van der Waals surface area contributed by atoms with Gasteiger partial charge < -0.3 is 10.2 Å². The third-order valence-electron chi connectivity index (χ3n) is 5.69. The summed E-state index contributed by atoms with van der Waals surface area (Å²) in [5, 5.41) is 6.56. The van der Waals surface area contributed by atoms with Crippen LogP contribution in [0.4, 0.5) is 5.13 Å². The Hall–Kier alpha value is -2.92. The topological polar surface area (TPSA) is 45.2 Å². The molecule has 1 saturated heterocycles. The average Bonchev–Trinajstić information content (AvgIpc) is 3.20. The van der Waals surface area contributed by atoms with E-state index >= 15 is 0 Å². The van der Waals surface area contributed by atoms with Gasteiger partial charge in [-0.05, 0) is 48.2 Å². The predicted molar refractivity (Wildman–Crippen MR) is 121 cm³/mol. The van der Waals surface area contributed by atoms with Gasteiger partial charge in [-0.2, -0.15) is 0 Å². The summed E-state index contributed by atoms with van der Waals surface area (Å²) in [5.41, 5.74) is 1.82. The van der Waals surface area contributed by atoms with Gasteiger partial charge in [0, 0.05) is 24.7 Å². The molecular weight excluding hydrogens is 378 g/mol. The van der Waals surface area contributed by atoms with Crippen molar-refractivity contribution in [3.8, 4) is 0 Å². The lowest BCUT2D eigenvalue weighted by molar-refractivity contribution is 0.0630. The van der Waals surface area contributed by atoms with Crippen molar-refractivity contribution in [1.29, 1.82) is 0 Å². The first kappa shape index (κ1) is 18.1. The number of para-hydroxylation sites is 1. The molecule has 1 unspecified atom stereocenters. The Balaban J connectivity index is 1.37. The van der Waals surface area contributed by atoms with Crippen molar-refractivity contribution in [3.63, 3.8) is 0 Å². The van der Waals surface area contributed by atoms with Crippen LogP contribution in [0.5, 0.6) is 0 Å². The second-order valence-corrected chi connectivity index (χ2v) is 8.57. The van der Waals surface area contributed by atoms with E-state index in [1.807, 2.05) is 48.5 Å². The van der Waals surface area contributed by atoms with E-state index in [9.17, 15) is 4.79 Å². The molecule has 3 aromatic carbocycles. The zero-order chi connectivity index (χ0) is 19.6. The van der Waals surface area contributed by atoms with E-state index in [1.54, 1.807) is 11.3 Å². The standard InChI is InChI=1S/C24H23N3OS/c28-23(20-12-7-9-17-8-1-2-11-19(17)20)27-15-6-5-10-18(27)16-25-24-26-21-13-3-4-14-22(21)29-24/h1-4,7-9,11-14,18H,5-6,10,15-16H2,(H,25,26). The highest BCUT2D eigenvalue weighted by Gasteiger charge is 2.28. The molecule has 5 rings (SSSR count). The molecule has 0 spiro atoms. The maximum absolute atomic E-state index is 13.5. The second-order valence-electron chi connectivity index (χ2n) is 7.54. The van der Waals surface area contributed by atoms with Gasteiger partial charge in [-0.3, -0.25) is 4.79 Å². The molecule has 2 heterocycles. The van der Waals surface area contributed by atoms with E-state index < -0.39 is 0 Å². The number of aromatic nitrogens is 1. The summed E-state index contributed by atoms with van der Waals surface area (Å²) in [4.78, 5) is 20.2. The van der Waals surface area contributed by atoms with Gasteiger partial charge in [0.2, 0.25) is 0 Å². The van der Waals surface area contributed by atoms with Crippen molar-refractivity contribution < 1.29 is 4.79 Å². The quantitative estimate of drug-likeness (QED) is 0.487. The lowest BCUT2D eigenvalue weighted by atomic mass is 9.98. The molecule has 1 atom stereocenters. The zero-order valence-corrected chi connectivity index (χ0v) is 17.0. The number of carbonyl (C=O) groups is 1. The number of benzene rings is 3. The second kappa shape index (κ2) is 7.84. The van der Waals surface area contributed by atoms with Gasteiger partial charge in [0.05, 0.1) is 10.2 Å². The summed E-state index contributed by atoms with van der Waals surface area (Å²) in [6, 6.07) is 22.5. The molecule has 0 bridgehead atoms. The minimum Gasteiger partial charge on any atom is -0.359 e. The Bertz CT molecular complexity index is 1130. The molecule has 1 amide bonds. The Morgan fingerprint density at radius 3 is 2.79 bits per heavy atom. The lowest BCUT2D eigenvalue weighted by Crippen LogP contribution is -2.47. The number of hydrogen-bond acceptors (Lipinski definition) is 4. The van der Waals surface area contributed by atoms with Crippen molar-refractivity contribution in [2.24, 2.45) is 0 Å². The van der Waals surface area contributed by atoms with Crippen molar-refractivity contribution in [2.75, 3.05) is 18.4 Å². The van der Waals surface area contributed by atoms with Gasteiger partial charge >= 0.3 is 0 Å². The molecule has 1 N–H and O–H groups in total. The number of piperidine rings is 1. The van der Waals surface area contributed by atoms with Crippen LogP contribution in [-0.4, -0.2) is 34.9 Å². The summed E-state index contributed by atoms with van der Waals surface area (Å²) in [5.74, 6) is 0.137. The van der Waals surface area contributed by atoms with Crippen molar-refractivity contribution in [1.82, 2.24) is 9.88 Å². The van der Waals surface area contributed by atoms with E-state index in [0.717, 1.165) is 59.3 Å². The van der Waals surface area contributed by atoms with Gasteiger partial charge in [-0.1, -0.05) is 59.9 Å². The van der Waals surface area contributed by atoms with Gasteiger partial charge in [0.25, 0.3) is 5.91 Å². The first-order chi connectivity index (χ1) is 14.3. The molecule has 5 heteroatoms. The minimum absolute atomic E-state index is 0.137. The van der Waals surface area contributed by atoms with Crippen LogP contribution in [-0.2, 0) is 0 Å². The molecule has 1 aliphatic rings. The van der Waals surface area contributed by atoms with Crippen LogP contribution >= 0.6 is 11.3 Å². The summed E-state index contributed by atoms with van der Waals surface area (Å²) in [6.07, 6.45) is 3.24. The molecule has 0 saturated carbocycles. The first-order valence-corrected chi connectivity index (χ1v) is 11.0. The summed E-state index contributed by atoms with van der Waals surface area (Å²) in [7, 11) is 0. The molecular formula is C24H23N3OS. The fourth-order valence-electron chi connectivity index (χ4n) is 4.20. The van der Waals surface area contributed by atoms with Gasteiger partial charge in [-0.25, -0.2) is 4.98 Å². The number of thiazole rings is 1. The van der Waals surface area contributed by atoms with Crippen molar-refractivity contribution in [2.45, 2.75) is 25.3 Å². The van der Waals surface area contributed by atoms with E-state index in [2.05, 4.69) is 33.4 Å². The number of hydrogen-bond donors (Lipinski definition) is 1. The fraction of sp³-hybridized carbons (Fsp3) is 0.250. The predicted octanol–water partition coefficient (Wildman–Crippen LogP) is 5.56. The minimum atomic E-state index is 0.137. The SMILES string of the molecule is O=C(c1cccc2ccccc12)N1CCCCC1CNc1nc2ccccc2s1. The van der Waals surface area contributed by atoms with Crippen LogP contribution in [0.3, 0.4) is 0 Å². The smallest absolute Gasteiger partial charge is 0.254 e. The van der Waals surface area contributed by atoms with Crippen LogP contribution in [0, 0.1) is 0 Å². The molecule has 29 heavy (non-hydrogen) atoms. The number of anilines is 1. The number of likely N-dealkylation sites (tertiary alicyclic amines) is 1. The number of amides is 1. The molecule has 0 aliphatic carbocycles. The fourth-order valence-corrected chi connectivity index (χ4v) is 5.07. The summed E-state index contributed by atoms with van der Waals surface area (Å²) >= 11 is 1.67. The molecule has 1 aromatic heterocycles. The Morgan fingerprint density at radius 2 is 1.86 bits per heavy atom. The average molecular weight is 402 g/mol. The van der Waals surface area contributed by atoms with E-state index in [4.69, 9.17) is 0 Å². The Kier molecular flexibility index (Phi) is 4.90. The number of fused-ring (bicyclic) bond motifs is 2. The van der Waals surface area contributed by atoms with Crippen LogP contribution in [0.25, 0.3) is 21.0 Å². The maximum Gasteiger partial charge on any atom is 0.254 e. The number of rotatable bonds is 4. The first-order valence-electron chi connectivity index (χ1n) is 10.2. The Morgan fingerprint density at radius 1 is 1.03 bits per heavy atom. The Labute approximate surface area is 174 Å². The summed E-state index contributed by atoms with van der Waals surface area (Å²) < 4.78 is 1.18. The molecule has 4 aromatic rings. The van der Waals surface area contributed by atoms with E-state index in [0.29, 0.717) is 0 Å². The van der Waals surface area contributed by atoms with Crippen LogP contribution in [0.1, 0.15) is 29.6 Å².